The summed E-state index contributed by atoms with van der Waals surface area (Å²) in [5.41, 5.74) is 2.42. The lowest BCUT2D eigenvalue weighted by Gasteiger charge is -2.09. The van der Waals surface area contributed by atoms with Crippen LogP contribution in [0, 0.1) is 0 Å². The van der Waals surface area contributed by atoms with E-state index in [0.717, 1.165) is 18.5 Å². The SMILES string of the molecule is BrC1=CC=C(c2ccccn2)CC1. The minimum absolute atomic E-state index is 1.08. The molecule has 0 atom stereocenters. The Bertz CT molecular complexity index is 352. The van der Waals surface area contributed by atoms with Crippen molar-refractivity contribution < 1.29 is 0 Å². The second-order valence-electron chi connectivity index (χ2n) is 3.02. The molecule has 0 saturated carbocycles. The van der Waals surface area contributed by atoms with E-state index in [-0.39, 0.29) is 0 Å². The maximum absolute atomic E-state index is 4.31. The molecule has 0 bridgehead atoms. The van der Waals surface area contributed by atoms with Gasteiger partial charge >= 0.3 is 0 Å². The lowest BCUT2D eigenvalue weighted by Crippen LogP contribution is -1.92. The number of pyridine rings is 1. The van der Waals surface area contributed by atoms with E-state index in [9.17, 15) is 0 Å². The minimum Gasteiger partial charge on any atom is -0.257 e. The Hall–Kier alpha value is -0.890. The summed E-state index contributed by atoms with van der Waals surface area (Å²) in [7, 11) is 0. The van der Waals surface area contributed by atoms with Crippen LogP contribution in [0.15, 0.2) is 41.0 Å². The van der Waals surface area contributed by atoms with Crippen molar-refractivity contribution in [2.24, 2.45) is 0 Å². The Morgan fingerprint density at radius 2 is 2.08 bits per heavy atom. The first kappa shape index (κ1) is 8.70. The van der Waals surface area contributed by atoms with E-state index in [1.165, 1.54) is 10.1 Å². The van der Waals surface area contributed by atoms with Gasteiger partial charge < -0.3 is 0 Å². The third-order valence-electron chi connectivity index (χ3n) is 2.09. The molecule has 0 unspecified atom stereocenters. The van der Waals surface area contributed by atoms with Gasteiger partial charge in [0.05, 0.1) is 5.69 Å². The van der Waals surface area contributed by atoms with Crippen LogP contribution in [0.4, 0.5) is 0 Å². The van der Waals surface area contributed by atoms with Gasteiger partial charge in [0.15, 0.2) is 0 Å². The molecular formula is C11H10BrN. The fourth-order valence-electron chi connectivity index (χ4n) is 1.38. The van der Waals surface area contributed by atoms with Crippen molar-refractivity contribution in [1.29, 1.82) is 0 Å². The first-order valence-corrected chi connectivity index (χ1v) is 5.12. The average Bonchev–Trinajstić information content (AvgIpc) is 2.20. The number of aromatic nitrogens is 1. The second-order valence-corrected chi connectivity index (χ2v) is 4.04. The van der Waals surface area contributed by atoms with Gasteiger partial charge in [-0.2, -0.15) is 0 Å². The third-order valence-corrected chi connectivity index (χ3v) is 2.75. The molecule has 0 amide bonds. The van der Waals surface area contributed by atoms with E-state index in [0.29, 0.717) is 0 Å². The first-order chi connectivity index (χ1) is 6.36. The van der Waals surface area contributed by atoms with Crippen LogP contribution in [-0.2, 0) is 0 Å². The maximum Gasteiger partial charge on any atom is 0.0661 e. The molecule has 1 aliphatic rings. The molecule has 1 aromatic rings. The Morgan fingerprint density at radius 1 is 1.15 bits per heavy atom. The van der Waals surface area contributed by atoms with Crippen LogP contribution in [0.2, 0.25) is 0 Å². The van der Waals surface area contributed by atoms with Crippen molar-refractivity contribution in [1.82, 2.24) is 4.98 Å². The molecule has 1 heterocycles. The number of halogens is 1. The summed E-state index contributed by atoms with van der Waals surface area (Å²) >= 11 is 3.48. The van der Waals surface area contributed by atoms with E-state index in [1.54, 1.807) is 0 Å². The van der Waals surface area contributed by atoms with Crippen LogP contribution in [0.5, 0.6) is 0 Å². The zero-order valence-electron chi connectivity index (χ0n) is 7.20. The highest BCUT2D eigenvalue weighted by atomic mass is 79.9. The molecule has 0 aromatic carbocycles. The van der Waals surface area contributed by atoms with Crippen LogP contribution in [-0.4, -0.2) is 4.98 Å². The lowest BCUT2D eigenvalue weighted by molar-refractivity contribution is 1.03. The lowest BCUT2D eigenvalue weighted by atomic mass is 10.0. The maximum atomic E-state index is 4.31. The number of nitrogens with zero attached hydrogens (tertiary/aromatic N) is 1. The van der Waals surface area contributed by atoms with Gasteiger partial charge in [0.1, 0.15) is 0 Å². The van der Waals surface area contributed by atoms with Gasteiger partial charge in [0, 0.05) is 6.20 Å². The zero-order valence-corrected chi connectivity index (χ0v) is 8.79. The molecule has 13 heavy (non-hydrogen) atoms. The van der Waals surface area contributed by atoms with Crippen molar-refractivity contribution in [2.45, 2.75) is 12.8 Å². The number of allylic oxidation sites excluding steroid dienone is 4. The standard InChI is InChI=1S/C11H10BrN/c12-10-6-4-9(5-7-10)11-3-1-2-8-13-11/h1-4,6,8H,5,7H2. The monoisotopic (exact) mass is 235 g/mol. The van der Waals surface area contributed by atoms with Gasteiger partial charge in [0.25, 0.3) is 0 Å². The summed E-state index contributed by atoms with van der Waals surface area (Å²) < 4.78 is 1.27. The molecule has 2 rings (SSSR count). The highest BCUT2D eigenvalue weighted by Gasteiger charge is 2.06. The molecule has 0 saturated heterocycles. The largest absolute Gasteiger partial charge is 0.257 e. The van der Waals surface area contributed by atoms with Crippen LogP contribution >= 0.6 is 15.9 Å². The fraction of sp³-hybridized carbons (Fsp3) is 0.182. The van der Waals surface area contributed by atoms with E-state index < -0.39 is 0 Å². The van der Waals surface area contributed by atoms with Gasteiger partial charge in [-0.25, -0.2) is 0 Å². The van der Waals surface area contributed by atoms with Crippen molar-refractivity contribution >= 4 is 21.5 Å². The smallest absolute Gasteiger partial charge is 0.0661 e. The Morgan fingerprint density at radius 3 is 2.69 bits per heavy atom. The topological polar surface area (TPSA) is 12.9 Å². The summed E-state index contributed by atoms with van der Waals surface area (Å²) in [6.07, 6.45) is 8.24. The Balaban J connectivity index is 2.29. The van der Waals surface area contributed by atoms with Crippen LogP contribution in [0.1, 0.15) is 18.5 Å². The summed E-state index contributed by atoms with van der Waals surface area (Å²) in [6, 6.07) is 6.02. The summed E-state index contributed by atoms with van der Waals surface area (Å²) in [5, 5.41) is 0. The molecule has 1 aliphatic carbocycles. The average molecular weight is 236 g/mol. The Labute approximate surface area is 86.3 Å². The molecule has 0 fully saturated rings. The Kier molecular flexibility index (Phi) is 2.60. The molecule has 0 radical (unpaired) electrons. The third kappa shape index (κ3) is 2.07. The fourth-order valence-corrected chi connectivity index (χ4v) is 1.71. The summed E-state index contributed by atoms with van der Waals surface area (Å²) in [6.45, 7) is 0. The predicted octanol–water partition coefficient (Wildman–Crippen LogP) is 3.54. The molecule has 0 aliphatic heterocycles. The van der Waals surface area contributed by atoms with Gasteiger partial charge in [-0.1, -0.05) is 34.1 Å². The highest BCUT2D eigenvalue weighted by molar-refractivity contribution is 9.11. The second kappa shape index (κ2) is 3.88. The van der Waals surface area contributed by atoms with Crippen molar-refractivity contribution in [3.05, 3.63) is 46.7 Å². The summed E-state index contributed by atoms with van der Waals surface area (Å²) in [5.74, 6) is 0. The molecule has 1 nitrogen and oxygen atoms in total. The van der Waals surface area contributed by atoms with Crippen molar-refractivity contribution in [2.75, 3.05) is 0 Å². The van der Waals surface area contributed by atoms with E-state index in [1.807, 2.05) is 18.3 Å². The number of hydrogen-bond donors (Lipinski definition) is 0. The molecule has 66 valence electrons. The first-order valence-electron chi connectivity index (χ1n) is 4.33. The van der Waals surface area contributed by atoms with Gasteiger partial charge in [-0.3, -0.25) is 4.98 Å². The number of hydrogen-bond acceptors (Lipinski definition) is 1. The molecule has 1 aromatic heterocycles. The van der Waals surface area contributed by atoms with Gasteiger partial charge in [0.2, 0.25) is 0 Å². The van der Waals surface area contributed by atoms with Gasteiger partial charge in [-0.05, 0) is 35.0 Å². The van der Waals surface area contributed by atoms with Crippen molar-refractivity contribution in [3.8, 4) is 0 Å². The van der Waals surface area contributed by atoms with E-state index in [4.69, 9.17) is 0 Å². The van der Waals surface area contributed by atoms with Crippen LogP contribution < -0.4 is 0 Å². The van der Waals surface area contributed by atoms with Gasteiger partial charge in [-0.15, -0.1) is 0 Å². The number of rotatable bonds is 1. The molecule has 0 N–H and O–H groups in total. The van der Waals surface area contributed by atoms with Crippen molar-refractivity contribution in [3.63, 3.8) is 0 Å². The predicted molar refractivity (Wildman–Crippen MR) is 58.5 cm³/mol. The molecule has 0 spiro atoms. The molecule has 2 heteroatoms. The molecular weight excluding hydrogens is 226 g/mol. The zero-order chi connectivity index (χ0) is 9.10. The van der Waals surface area contributed by atoms with Crippen LogP contribution in [0.3, 0.4) is 0 Å². The quantitative estimate of drug-likeness (QED) is 0.726. The highest BCUT2D eigenvalue weighted by Crippen LogP contribution is 2.27. The minimum atomic E-state index is 1.08. The normalized spacial score (nSPS) is 16.4. The van der Waals surface area contributed by atoms with E-state index >= 15 is 0 Å². The summed E-state index contributed by atoms with van der Waals surface area (Å²) in [4.78, 5) is 4.31. The van der Waals surface area contributed by atoms with E-state index in [2.05, 4.69) is 39.1 Å². The van der Waals surface area contributed by atoms with Crippen LogP contribution in [0.25, 0.3) is 5.57 Å².